The summed E-state index contributed by atoms with van der Waals surface area (Å²) >= 11 is 0. The van der Waals surface area contributed by atoms with Crippen LogP contribution < -0.4 is 5.32 Å². The standard InChI is InChI=1S/C16H18FN3O2/c1-10(2)9-18-14-8-13(16(21)22)19-15(20-14)7-11-5-3-4-6-12(11)17/h3-6,8,10H,7,9H2,1-2H3,(H,21,22)(H,18,19,20). The summed E-state index contributed by atoms with van der Waals surface area (Å²) in [5.41, 5.74) is 0.326. The topological polar surface area (TPSA) is 75.1 Å². The third-order valence-electron chi connectivity index (χ3n) is 2.99. The zero-order chi connectivity index (χ0) is 16.1. The van der Waals surface area contributed by atoms with Crippen LogP contribution in [0.1, 0.15) is 35.7 Å². The van der Waals surface area contributed by atoms with Crippen LogP contribution >= 0.6 is 0 Å². The number of carboxylic acid groups (broad SMARTS) is 1. The van der Waals surface area contributed by atoms with Gasteiger partial charge in [0.1, 0.15) is 17.5 Å². The Balaban J connectivity index is 2.29. The van der Waals surface area contributed by atoms with E-state index in [4.69, 9.17) is 5.11 Å². The molecule has 0 saturated heterocycles. The number of carboxylic acids is 1. The van der Waals surface area contributed by atoms with Gasteiger partial charge in [0.25, 0.3) is 0 Å². The van der Waals surface area contributed by atoms with Gasteiger partial charge in [-0.1, -0.05) is 32.0 Å². The summed E-state index contributed by atoms with van der Waals surface area (Å²) in [6.45, 7) is 4.73. The zero-order valence-electron chi connectivity index (χ0n) is 12.5. The Morgan fingerprint density at radius 3 is 2.68 bits per heavy atom. The molecule has 1 aromatic carbocycles. The number of halogens is 1. The zero-order valence-corrected chi connectivity index (χ0v) is 12.5. The number of aromatic carboxylic acids is 1. The lowest BCUT2D eigenvalue weighted by Gasteiger charge is -2.10. The van der Waals surface area contributed by atoms with Crippen LogP contribution in [0.4, 0.5) is 10.2 Å². The van der Waals surface area contributed by atoms with E-state index in [0.717, 1.165) is 0 Å². The molecular weight excluding hydrogens is 285 g/mol. The molecule has 2 rings (SSSR count). The summed E-state index contributed by atoms with van der Waals surface area (Å²) in [5.74, 6) is -0.393. The molecule has 5 nitrogen and oxygen atoms in total. The normalized spacial score (nSPS) is 10.7. The fourth-order valence-corrected chi connectivity index (χ4v) is 1.90. The number of benzene rings is 1. The molecule has 0 spiro atoms. The smallest absolute Gasteiger partial charge is 0.354 e. The van der Waals surface area contributed by atoms with E-state index in [2.05, 4.69) is 15.3 Å². The third-order valence-corrected chi connectivity index (χ3v) is 2.99. The second-order valence-corrected chi connectivity index (χ2v) is 5.40. The minimum atomic E-state index is -1.13. The molecule has 0 aliphatic heterocycles. The molecule has 0 aliphatic carbocycles. The Labute approximate surface area is 128 Å². The molecule has 0 unspecified atom stereocenters. The van der Waals surface area contributed by atoms with Crippen molar-refractivity contribution in [1.29, 1.82) is 0 Å². The summed E-state index contributed by atoms with van der Waals surface area (Å²) in [7, 11) is 0. The van der Waals surface area contributed by atoms with Gasteiger partial charge in [-0.3, -0.25) is 0 Å². The molecule has 1 aromatic heterocycles. The highest BCUT2D eigenvalue weighted by Crippen LogP contribution is 2.14. The van der Waals surface area contributed by atoms with Crippen molar-refractivity contribution >= 4 is 11.8 Å². The minimum absolute atomic E-state index is 0.104. The van der Waals surface area contributed by atoms with E-state index in [1.54, 1.807) is 18.2 Å². The van der Waals surface area contributed by atoms with Gasteiger partial charge in [-0.2, -0.15) is 0 Å². The molecule has 0 bridgehead atoms. The number of carbonyl (C=O) groups is 1. The van der Waals surface area contributed by atoms with Gasteiger partial charge in [-0.05, 0) is 17.5 Å². The maximum atomic E-state index is 13.7. The molecule has 116 valence electrons. The van der Waals surface area contributed by atoms with E-state index in [0.29, 0.717) is 23.8 Å². The maximum absolute atomic E-state index is 13.7. The Bertz CT molecular complexity index is 674. The van der Waals surface area contributed by atoms with E-state index >= 15 is 0 Å². The Hall–Kier alpha value is -2.50. The average molecular weight is 303 g/mol. The summed E-state index contributed by atoms with van der Waals surface area (Å²) in [4.78, 5) is 19.4. The van der Waals surface area contributed by atoms with Gasteiger partial charge in [0.2, 0.25) is 0 Å². The van der Waals surface area contributed by atoms with E-state index in [1.807, 2.05) is 13.8 Å². The highest BCUT2D eigenvalue weighted by atomic mass is 19.1. The molecule has 2 aromatic rings. The Kier molecular flexibility index (Phi) is 5.04. The van der Waals surface area contributed by atoms with Gasteiger partial charge >= 0.3 is 5.97 Å². The minimum Gasteiger partial charge on any atom is -0.477 e. The van der Waals surface area contributed by atoms with Crippen molar-refractivity contribution in [1.82, 2.24) is 9.97 Å². The van der Waals surface area contributed by atoms with Crippen LogP contribution in [-0.2, 0) is 6.42 Å². The highest BCUT2D eigenvalue weighted by molar-refractivity contribution is 5.86. The lowest BCUT2D eigenvalue weighted by atomic mass is 10.1. The number of hydrogen-bond donors (Lipinski definition) is 2. The predicted octanol–water partition coefficient (Wildman–Crippen LogP) is 2.97. The first-order valence-electron chi connectivity index (χ1n) is 7.04. The summed E-state index contributed by atoms with van der Waals surface area (Å²) in [6, 6.07) is 7.69. The van der Waals surface area contributed by atoms with E-state index < -0.39 is 5.97 Å². The quantitative estimate of drug-likeness (QED) is 0.858. The van der Waals surface area contributed by atoms with Crippen LogP contribution in [0.25, 0.3) is 0 Å². The third kappa shape index (κ3) is 4.25. The van der Waals surface area contributed by atoms with Crippen LogP contribution in [0.3, 0.4) is 0 Å². The van der Waals surface area contributed by atoms with E-state index in [9.17, 15) is 9.18 Å². The van der Waals surface area contributed by atoms with Crippen molar-refractivity contribution < 1.29 is 14.3 Å². The van der Waals surface area contributed by atoms with E-state index in [1.165, 1.54) is 12.1 Å². The number of rotatable bonds is 6. The fourth-order valence-electron chi connectivity index (χ4n) is 1.90. The number of aromatic nitrogens is 2. The Morgan fingerprint density at radius 2 is 2.05 bits per heavy atom. The fraction of sp³-hybridized carbons (Fsp3) is 0.312. The van der Waals surface area contributed by atoms with Gasteiger partial charge in [0.15, 0.2) is 5.69 Å². The molecule has 0 atom stereocenters. The molecule has 0 amide bonds. The molecule has 0 saturated carbocycles. The lowest BCUT2D eigenvalue weighted by molar-refractivity contribution is 0.0690. The van der Waals surface area contributed by atoms with Crippen LogP contribution in [-0.4, -0.2) is 27.6 Å². The van der Waals surface area contributed by atoms with Gasteiger partial charge in [-0.25, -0.2) is 19.2 Å². The van der Waals surface area contributed by atoms with Crippen molar-refractivity contribution in [3.8, 4) is 0 Å². The van der Waals surface area contributed by atoms with Crippen LogP contribution in [0, 0.1) is 11.7 Å². The second kappa shape index (κ2) is 6.98. The SMILES string of the molecule is CC(C)CNc1cc(C(=O)O)nc(Cc2ccccc2F)n1. The monoisotopic (exact) mass is 303 g/mol. The lowest BCUT2D eigenvalue weighted by Crippen LogP contribution is -2.13. The first-order valence-corrected chi connectivity index (χ1v) is 7.04. The molecule has 22 heavy (non-hydrogen) atoms. The molecule has 0 aliphatic rings. The number of hydrogen-bond acceptors (Lipinski definition) is 4. The van der Waals surface area contributed by atoms with Crippen molar-refractivity contribution in [3.63, 3.8) is 0 Å². The first kappa shape index (κ1) is 15.9. The van der Waals surface area contributed by atoms with Crippen LogP contribution in [0.5, 0.6) is 0 Å². The van der Waals surface area contributed by atoms with Crippen molar-refractivity contribution in [2.24, 2.45) is 5.92 Å². The van der Waals surface area contributed by atoms with Crippen molar-refractivity contribution in [3.05, 3.63) is 53.2 Å². The molecule has 6 heteroatoms. The van der Waals surface area contributed by atoms with Crippen LogP contribution in [0.2, 0.25) is 0 Å². The summed E-state index contributed by atoms with van der Waals surface area (Å²) in [6.07, 6.45) is 0.143. The molecule has 0 radical (unpaired) electrons. The average Bonchev–Trinajstić information content (AvgIpc) is 2.47. The predicted molar refractivity (Wildman–Crippen MR) is 81.5 cm³/mol. The maximum Gasteiger partial charge on any atom is 0.354 e. The Morgan fingerprint density at radius 1 is 1.32 bits per heavy atom. The molecule has 0 fully saturated rings. The number of anilines is 1. The van der Waals surface area contributed by atoms with Crippen molar-refractivity contribution in [2.75, 3.05) is 11.9 Å². The van der Waals surface area contributed by atoms with Gasteiger partial charge in [0.05, 0.1) is 0 Å². The summed E-state index contributed by atoms with van der Waals surface area (Å²) < 4.78 is 13.7. The largest absolute Gasteiger partial charge is 0.477 e. The van der Waals surface area contributed by atoms with Crippen LogP contribution in [0.15, 0.2) is 30.3 Å². The number of nitrogens with one attached hydrogen (secondary N) is 1. The van der Waals surface area contributed by atoms with E-state index in [-0.39, 0.29) is 23.8 Å². The van der Waals surface area contributed by atoms with Gasteiger partial charge in [-0.15, -0.1) is 0 Å². The second-order valence-electron chi connectivity index (χ2n) is 5.40. The van der Waals surface area contributed by atoms with Gasteiger partial charge in [0, 0.05) is 19.0 Å². The first-order chi connectivity index (χ1) is 10.5. The molecular formula is C16H18FN3O2. The molecule has 2 N–H and O–H groups in total. The highest BCUT2D eigenvalue weighted by Gasteiger charge is 2.12. The summed E-state index contributed by atoms with van der Waals surface area (Å²) in [5, 5.41) is 12.2. The molecule has 1 heterocycles. The van der Waals surface area contributed by atoms with Gasteiger partial charge < -0.3 is 10.4 Å². The van der Waals surface area contributed by atoms with Crippen molar-refractivity contribution in [2.45, 2.75) is 20.3 Å². The number of nitrogens with zero attached hydrogens (tertiary/aromatic N) is 2.